The summed E-state index contributed by atoms with van der Waals surface area (Å²) in [6.07, 6.45) is 12.1. The number of carbonyl (C=O) groups excluding carboxylic acids is 1. The maximum Gasteiger partial charge on any atom is 0.159 e. The Labute approximate surface area is 158 Å². The number of nitrogens with one attached hydrogen (secondary N) is 1. The van der Waals surface area contributed by atoms with Gasteiger partial charge in [-0.2, -0.15) is 0 Å². The number of carbonyl (C=O) groups is 1. The Morgan fingerprint density at radius 1 is 1.12 bits per heavy atom. The van der Waals surface area contributed by atoms with Crippen molar-refractivity contribution in [3.8, 4) is 0 Å². The Kier molecular flexibility index (Phi) is 3.27. The first-order valence-corrected chi connectivity index (χ1v) is 10.9. The fourth-order valence-corrected chi connectivity index (χ4v) is 9.12. The van der Waals surface area contributed by atoms with Gasteiger partial charge in [0.25, 0.3) is 0 Å². The summed E-state index contributed by atoms with van der Waals surface area (Å²) in [5, 5.41) is 3.51. The molecule has 2 nitrogen and oxygen atoms in total. The molecule has 0 aromatic heterocycles. The second kappa shape index (κ2) is 4.93. The molecule has 5 saturated carbocycles. The fraction of sp³-hybridized carbons (Fsp3) is 0.792. The molecule has 0 saturated heterocycles. The highest BCUT2D eigenvalue weighted by Gasteiger charge is 2.81. The molecule has 1 unspecified atom stereocenters. The van der Waals surface area contributed by atoms with Gasteiger partial charge in [0, 0.05) is 17.9 Å². The summed E-state index contributed by atoms with van der Waals surface area (Å²) in [5.74, 6) is 1.89. The summed E-state index contributed by atoms with van der Waals surface area (Å²) in [4.78, 5) is 12.9. The Morgan fingerprint density at radius 2 is 1.88 bits per heavy atom. The molecule has 0 bridgehead atoms. The second-order valence-electron chi connectivity index (χ2n) is 10.7. The van der Waals surface area contributed by atoms with Gasteiger partial charge in [-0.25, -0.2) is 0 Å². The number of likely N-dealkylation sites (N-methyl/N-ethyl adjacent to an activating group) is 1. The maximum atomic E-state index is 12.9. The highest BCUT2D eigenvalue weighted by atomic mass is 16.1. The fourth-order valence-electron chi connectivity index (χ4n) is 9.12. The van der Waals surface area contributed by atoms with Gasteiger partial charge < -0.3 is 5.32 Å². The minimum absolute atomic E-state index is 0.102. The second-order valence-corrected chi connectivity index (χ2v) is 10.7. The molecule has 5 aliphatic carbocycles. The molecule has 0 aliphatic heterocycles. The number of hydrogen-bond donors (Lipinski definition) is 1. The van der Waals surface area contributed by atoms with Crippen LogP contribution >= 0.6 is 0 Å². The third kappa shape index (κ3) is 1.60. The molecule has 0 radical (unpaired) electrons. The largest absolute Gasteiger partial charge is 0.313 e. The van der Waals surface area contributed by atoms with Crippen molar-refractivity contribution in [1.82, 2.24) is 5.32 Å². The van der Waals surface area contributed by atoms with Crippen molar-refractivity contribution in [2.24, 2.45) is 33.5 Å². The van der Waals surface area contributed by atoms with E-state index in [1.165, 1.54) is 50.5 Å². The zero-order valence-corrected chi connectivity index (χ0v) is 17.1. The van der Waals surface area contributed by atoms with E-state index in [0.717, 1.165) is 23.8 Å². The first-order chi connectivity index (χ1) is 12.3. The molecule has 7 atom stereocenters. The summed E-state index contributed by atoms with van der Waals surface area (Å²) in [6, 6.07) is 0.520. The summed E-state index contributed by atoms with van der Waals surface area (Å²) >= 11 is 0. The van der Waals surface area contributed by atoms with E-state index in [1.54, 1.807) is 0 Å². The van der Waals surface area contributed by atoms with Gasteiger partial charge >= 0.3 is 0 Å². The quantitative estimate of drug-likeness (QED) is 0.528. The Hall–Kier alpha value is -0.890. The predicted octanol–water partition coefficient (Wildman–Crippen LogP) is 5.05. The van der Waals surface area contributed by atoms with Gasteiger partial charge in [0.05, 0.1) is 0 Å². The highest BCUT2D eigenvalue weighted by Crippen LogP contribution is 2.87. The van der Waals surface area contributed by atoms with Crippen LogP contribution in [0.2, 0.25) is 0 Å². The molecule has 2 heteroatoms. The molecule has 142 valence electrons. The van der Waals surface area contributed by atoms with E-state index in [4.69, 9.17) is 0 Å². The average molecular weight is 354 g/mol. The first kappa shape index (κ1) is 17.2. The van der Waals surface area contributed by atoms with Crippen LogP contribution in [-0.2, 0) is 4.79 Å². The Bertz CT molecular complexity index is 736. The van der Waals surface area contributed by atoms with Gasteiger partial charge in [-0.05, 0) is 92.6 Å². The van der Waals surface area contributed by atoms with Crippen LogP contribution < -0.4 is 5.32 Å². The van der Waals surface area contributed by atoms with Gasteiger partial charge in [0.2, 0.25) is 0 Å². The minimum atomic E-state index is 0.102. The lowest BCUT2D eigenvalue weighted by molar-refractivity contribution is -0.118. The van der Waals surface area contributed by atoms with Crippen molar-refractivity contribution in [3.63, 3.8) is 0 Å². The van der Waals surface area contributed by atoms with E-state index in [9.17, 15) is 4.79 Å². The smallest absolute Gasteiger partial charge is 0.159 e. The molecule has 0 amide bonds. The molecule has 0 heterocycles. The third-order valence-corrected chi connectivity index (χ3v) is 10.5. The Balaban J connectivity index is 1.56. The van der Waals surface area contributed by atoms with E-state index in [0.29, 0.717) is 22.7 Å². The van der Waals surface area contributed by atoms with Crippen LogP contribution in [0.25, 0.3) is 0 Å². The normalized spacial score (nSPS) is 56.6. The molecule has 1 N–H and O–H groups in total. The molecule has 2 spiro atoms. The molecule has 0 aromatic carbocycles. The van der Waals surface area contributed by atoms with E-state index in [2.05, 4.69) is 45.8 Å². The van der Waals surface area contributed by atoms with Crippen LogP contribution in [0.15, 0.2) is 23.8 Å². The monoisotopic (exact) mass is 353 g/mol. The summed E-state index contributed by atoms with van der Waals surface area (Å²) in [6.45, 7) is 11.5. The van der Waals surface area contributed by atoms with Gasteiger partial charge in [0.1, 0.15) is 0 Å². The number of fused-ring (bicyclic) bond motifs is 2. The third-order valence-electron chi connectivity index (χ3n) is 10.5. The lowest BCUT2D eigenvalue weighted by atomic mass is 9.44. The Morgan fingerprint density at radius 3 is 2.58 bits per heavy atom. The molecule has 5 rings (SSSR count). The molecular weight excluding hydrogens is 318 g/mol. The summed E-state index contributed by atoms with van der Waals surface area (Å²) in [7, 11) is 2.10. The SMILES string of the molecule is C=C1C2CC[C@@H]3[C@]4(CC[C@]5(C)/C(=C\C)C(=O)C[C@@]35C)C[C@]24CC[C@@H]1NC. The zero-order valence-electron chi connectivity index (χ0n) is 17.1. The van der Waals surface area contributed by atoms with Crippen LogP contribution in [0, 0.1) is 33.5 Å². The average Bonchev–Trinajstić information content (AvgIpc) is 3.21. The van der Waals surface area contributed by atoms with Crippen LogP contribution in [0.1, 0.15) is 72.1 Å². The van der Waals surface area contributed by atoms with E-state index >= 15 is 0 Å². The molecule has 5 fully saturated rings. The van der Waals surface area contributed by atoms with Crippen molar-refractivity contribution >= 4 is 5.78 Å². The highest BCUT2D eigenvalue weighted by molar-refractivity contribution is 6.00. The molecule has 26 heavy (non-hydrogen) atoms. The van der Waals surface area contributed by atoms with Crippen molar-refractivity contribution in [1.29, 1.82) is 0 Å². The number of rotatable bonds is 1. The number of allylic oxidation sites excluding steroid dienone is 2. The van der Waals surface area contributed by atoms with Crippen molar-refractivity contribution in [3.05, 3.63) is 23.8 Å². The minimum Gasteiger partial charge on any atom is -0.313 e. The van der Waals surface area contributed by atoms with Gasteiger partial charge in [-0.15, -0.1) is 0 Å². The first-order valence-electron chi connectivity index (χ1n) is 10.9. The van der Waals surface area contributed by atoms with E-state index < -0.39 is 0 Å². The van der Waals surface area contributed by atoms with Crippen LogP contribution in [-0.4, -0.2) is 18.9 Å². The molecule has 5 aliphatic rings. The number of hydrogen-bond acceptors (Lipinski definition) is 2. The van der Waals surface area contributed by atoms with Crippen LogP contribution in [0.3, 0.4) is 0 Å². The number of ketones is 1. The van der Waals surface area contributed by atoms with Gasteiger partial charge in [-0.3, -0.25) is 4.79 Å². The molecular formula is C24H35NO. The molecule has 0 aromatic rings. The lowest BCUT2D eigenvalue weighted by Crippen LogP contribution is -2.54. The predicted molar refractivity (Wildman–Crippen MR) is 106 cm³/mol. The van der Waals surface area contributed by atoms with E-state index in [1.807, 2.05) is 0 Å². The van der Waals surface area contributed by atoms with Gasteiger partial charge in [0.15, 0.2) is 5.78 Å². The zero-order chi connectivity index (χ0) is 18.5. The van der Waals surface area contributed by atoms with Crippen LogP contribution in [0.5, 0.6) is 0 Å². The number of Topliss-reactive ketones (excluding diaryl/α,β-unsaturated/α-hetero) is 1. The van der Waals surface area contributed by atoms with Gasteiger partial charge in [-0.1, -0.05) is 32.1 Å². The standard InChI is InChI=1S/C24H35NO/c1-6-16-19(26)13-22(4)20-8-7-17-15(2)18(25-5)9-10-23(17)14-24(20,23)12-11-21(16,22)3/h6,17-18,20,25H,2,7-14H2,1,3-5H3/b16-6-/t17?,18-,20-,21+,22-,23+,24-/m0/s1. The van der Waals surface area contributed by atoms with Crippen LogP contribution in [0.4, 0.5) is 0 Å². The van der Waals surface area contributed by atoms with Crippen molar-refractivity contribution in [2.75, 3.05) is 7.05 Å². The summed E-state index contributed by atoms with van der Waals surface area (Å²) in [5.41, 5.74) is 3.94. The topological polar surface area (TPSA) is 29.1 Å². The lowest BCUT2D eigenvalue weighted by Gasteiger charge is -2.60. The maximum absolute atomic E-state index is 12.9. The summed E-state index contributed by atoms with van der Waals surface area (Å²) < 4.78 is 0. The van der Waals surface area contributed by atoms with Crippen molar-refractivity contribution < 1.29 is 4.79 Å². The van der Waals surface area contributed by atoms with Crippen molar-refractivity contribution in [2.45, 2.75) is 78.2 Å². The van der Waals surface area contributed by atoms with E-state index in [-0.39, 0.29) is 10.8 Å².